The van der Waals surface area contributed by atoms with Crippen molar-refractivity contribution in [2.45, 2.75) is 47.0 Å². The lowest BCUT2D eigenvalue weighted by atomic mass is 9.91. The van der Waals surface area contributed by atoms with Gasteiger partial charge >= 0.3 is 0 Å². The van der Waals surface area contributed by atoms with Crippen LogP contribution in [-0.2, 0) is 5.41 Å². The minimum atomic E-state index is -0.0408. The molecule has 0 spiro atoms. The number of rotatable bonds is 3. The number of aryl methyl sites for hydroxylation is 2. The second-order valence-corrected chi connectivity index (χ2v) is 5.94. The van der Waals surface area contributed by atoms with Gasteiger partial charge in [-0.3, -0.25) is 0 Å². The Hall–Kier alpha value is -1.91. The largest absolute Gasteiger partial charge is 0.370 e. The lowest BCUT2D eigenvalue weighted by Crippen LogP contribution is -2.16. The molecule has 0 radical (unpaired) electrons. The summed E-state index contributed by atoms with van der Waals surface area (Å²) in [5.41, 5.74) is 2.66. The number of hydrogen-bond donors (Lipinski definition) is 1. The third kappa shape index (κ3) is 2.81. The van der Waals surface area contributed by atoms with Gasteiger partial charge in [-0.05, 0) is 20.8 Å². The van der Waals surface area contributed by atoms with E-state index in [0.29, 0.717) is 5.82 Å². The average Bonchev–Trinajstić information content (AvgIpc) is 2.68. The Bertz CT molecular complexity index is 591. The van der Waals surface area contributed by atoms with E-state index in [0.717, 1.165) is 35.1 Å². The van der Waals surface area contributed by atoms with Crippen LogP contribution in [0, 0.1) is 13.8 Å². The summed E-state index contributed by atoms with van der Waals surface area (Å²) in [6, 6.07) is 2.01. The second-order valence-electron chi connectivity index (χ2n) is 5.94. The van der Waals surface area contributed by atoms with Crippen LogP contribution in [0.2, 0.25) is 0 Å². The molecule has 2 aromatic rings. The van der Waals surface area contributed by atoms with E-state index in [9.17, 15) is 0 Å². The lowest BCUT2D eigenvalue weighted by molar-refractivity contribution is 0.393. The van der Waals surface area contributed by atoms with Gasteiger partial charge in [0.05, 0.1) is 17.0 Å². The standard InChI is InChI=1S/C15H22N4O/c1-7-16-12-8-11(15(4,5)6)17-14(18-12)13-9(2)19-20-10(13)3/h8H,7H2,1-6H3,(H,16,17,18). The first-order valence-electron chi connectivity index (χ1n) is 6.89. The molecule has 0 aliphatic heterocycles. The molecule has 0 saturated carbocycles. The average molecular weight is 274 g/mol. The maximum absolute atomic E-state index is 5.22. The summed E-state index contributed by atoms with van der Waals surface area (Å²) in [4.78, 5) is 9.28. The molecule has 2 aromatic heterocycles. The normalized spacial score (nSPS) is 11.7. The Kier molecular flexibility index (Phi) is 3.79. The van der Waals surface area contributed by atoms with Gasteiger partial charge in [-0.1, -0.05) is 25.9 Å². The summed E-state index contributed by atoms with van der Waals surface area (Å²) >= 11 is 0. The molecule has 2 rings (SSSR count). The summed E-state index contributed by atoms with van der Waals surface area (Å²) in [5.74, 6) is 2.25. The van der Waals surface area contributed by atoms with Crippen LogP contribution in [0.25, 0.3) is 11.4 Å². The van der Waals surface area contributed by atoms with Crippen molar-refractivity contribution in [3.05, 3.63) is 23.2 Å². The van der Waals surface area contributed by atoms with Crippen LogP contribution in [0.3, 0.4) is 0 Å². The van der Waals surface area contributed by atoms with E-state index in [1.165, 1.54) is 0 Å². The number of nitrogens with zero attached hydrogens (tertiary/aromatic N) is 3. The zero-order valence-corrected chi connectivity index (χ0v) is 13.0. The minimum absolute atomic E-state index is 0.0408. The quantitative estimate of drug-likeness (QED) is 0.928. The highest BCUT2D eigenvalue weighted by molar-refractivity contribution is 5.62. The van der Waals surface area contributed by atoms with Crippen LogP contribution >= 0.6 is 0 Å². The Morgan fingerprint density at radius 3 is 2.40 bits per heavy atom. The van der Waals surface area contributed by atoms with Crippen LogP contribution in [0.15, 0.2) is 10.6 Å². The maximum atomic E-state index is 5.22. The van der Waals surface area contributed by atoms with Gasteiger partial charge in [0.2, 0.25) is 0 Å². The topological polar surface area (TPSA) is 63.8 Å². The van der Waals surface area contributed by atoms with Crippen molar-refractivity contribution in [2.24, 2.45) is 0 Å². The van der Waals surface area contributed by atoms with Crippen molar-refractivity contribution >= 4 is 5.82 Å². The fraction of sp³-hybridized carbons (Fsp3) is 0.533. The lowest BCUT2D eigenvalue weighted by Gasteiger charge is -2.19. The maximum Gasteiger partial charge on any atom is 0.167 e. The molecule has 0 unspecified atom stereocenters. The van der Waals surface area contributed by atoms with Crippen LogP contribution in [-0.4, -0.2) is 21.7 Å². The first-order chi connectivity index (χ1) is 9.32. The van der Waals surface area contributed by atoms with E-state index in [1.807, 2.05) is 19.9 Å². The summed E-state index contributed by atoms with van der Waals surface area (Å²) in [6.45, 7) is 13.1. The van der Waals surface area contributed by atoms with Crippen molar-refractivity contribution in [3.63, 3.8) is 0 Å². The molecular formula is C15H22N4O. The van der Waals surface area contributed by atoms with Gasteiger partial charge in [-0.25, -0.2) is 9.97 Å². The molecule has 1 N–H and O–H groups in total. The molecule has 5 nitrogen and oxygen atoms in total. The van der Waals surface area contributed by atoms with Gasteiger partial charge in [-0.15, -0.1) is 0 Å². The highest BCUT2D eigenvalue weighted by Crippen LogP contribution is 2.28. The fourth-order valence-electron chi connectivity index (χ4n) is 2.02. The number of hydrogen-bond acceptors (Lipinski definition) is 5. The van der Waals surface area contributed by atoms with Crippen molar-refractivity contribution < 1.29 is 4.52 Å². The zero-order valence-electron chi connectivity index (χ0n) is 13.0. The molecule has 0 aliphatic carbocycles. The van der Waals surface area contributed by atoms with Gasteiger partial charge in [0.15, 0.2) is 5.82 Å². The molecule has 0 fully saturated rings. The number of aromatic nitrogens is 3. The minimum Gasteiger partial charge on any atom is -0.370 e. The van der Waals surface area contributed by atoms with E-state index in [-0.39, 0.29) is 5.41 Å². The first-order valence-corrected chi connectivity index (χ1v) is 6.89. The molecule has 0 bridgehead atoms. The van der Waals surface area contributed by atoms with E-state index >= 15 is 0 Å². The second kappa shape index (κ2) is 5.23. The molecule has 5 heteroatoms. The molecule has 0 amide bonds. The monoisotopic (exact) mass is 274 g/mol. The smallest absolute Gasteiger partial charge is 0.167 e. The van der Waals surface area contributed by atoms with Crippen LogP contribution in [0.4, 0.5) is 5.82 Å². The van der Waals surface area contributed by atoms with Crippen molar-refractivity contribution in [1.82, 2.24) is 15.1 Å². The van der Waals surface area contributed by atoms with Gasteiger partial charge < -0.3 is 9.84 Å². The van der Waals surface area contributed by atoms with Crippen LogP contribution in [0.5, 0.6) is 0 Å². The van der Waals surface area contributed by atoms with Crippen LogP contribution < -0.4 is 5.32 Å². The van der Waals surface area contributed by atoms with Gasteiger partial charge in [0, 0.05) is 18.0 Å². The van der Waals surface area contributed by atoms with Gasteiger partial charge in [0.1, 0.15) is 11.6 Å². The highest BCUT2D eigenvalue weighted by atomic mass is 16.5. The van der Waals surface area contributed by atoms with Crippen molar-refractivity contribution in [1.29, 1.82) is 0 Å². The zero-order chi connectivity index (χ0) is 14.9. The first kappa shape index (κ1) is 14.5. The summed E-state index contributed by atoms with van der Waals surface area (Å²) < 4.78 is 5.22. The van der Waals surface area contributed by atoms with Crippen molar-refractivity contribution in [3.8, 4) is 11.4 Å². The third-order valence-electron chi connectivity index (χ3n) is 3.11. The highest BCUT2D eigenvalue weighted by Gasteiger charge is 2.21. The Morgan fingerprint density at radius 2 is 1.90 bits per heavy atom. The van der Waals surface area contributed by atoms with Crippen LogP contribution in [0.1, 0.15) is 44.8 Å². The molecule has 0 saturated heterocycles. The SMILES string of the molecule is CCNc1cc(C(C)(C)C)nc(-c2c(C)noc2C)n1. The number of anilines is 1. The Balaban J connectivity index is 2.61. The Labute approximate surface area is 119 Å². The predicted molar refractivity (Wildman–Crippen MR) is 79.9 cm³/mol. The predicted octanol–water partition coefficient (Wildman–Crippen LogP) is 3.48. The summed E-state index contributed by atoms with van der Waals surface area (Å²) in [7, 11) is 0. The van der Waals surface area contributed by atoms with E-state index in [1.54, 1.807) is 0 Å². The molecular weight excluding hydrogens is 252 g/mol. The molecule has 2 heterocycles. The van der Waals surface area contributed by atoms with Crippen molar-refractivity contribution in [2.75, 3.05) is 11.9 Å². The molecule has 0 aromatic carbocycles. The molecule has 108 valence electrons. The Morgan fingerprint density at radius 1 is 1.20 bits per heavy atom. The molecule has 20 heavy (non-hydrogen) atoms. The summed E-state index contributed by atoms with van der Waals surface area (Å²) in [6.07, 6.45) is 0. The summed E-state index contributed by atoms with van der Waals surface area (Å²) in [5, 5.41) is 7.24. The van der Waals surface area contributed by atoms with E-state index < -0.39 is 0 Å². The molecule has 0 aliphatic rings. The fourth-order valence-corrected chi connectivity index (χ4v) is 2.02. The van der Waals surface area contributed by atoms with E-state index in [4.69, 9.17) is 9.51 Å². The number of nitrogens with one attached hydrogen (secondary N) is 1. The van der Waals surface area contributed by atoms with Gasteiger partial charge in [0.25, 0.3) is 0 Å². The van der Waals surface area contributed by atoms with E-state index in [2.05, 4.69) is 43.2 Å². The van der Waals surface area contributed by atoms with Gasteiger partial charge in [-0.2, -0.15) is 0 Å². The molecule has 0 atom stereocenters. The third-order valence-corrected chi connectivity index (χ3v) is 3.11.